The van der Waals surface area contributed by atoms with Crippen LogP contribution in [0.4, 0.5) is 9.59 Å². The summed E-state index contributed by atoms with van der Waals surface area (Å²) in [5.41, 5.74) is 1.92. The number of nitrogens with one attached hydrogen (secondary N) is 1. The first-order valence-corrected chi connectivity index (χ1v) is 12.3. The molecule has 0 saturated carbocycles. The number of likely N-dealkylation sites (tertiary alicyclic amines) is 1. The molecule has 0 unspecified atom stereocenters. The first-order valence-electron chi connectivity index (χ1n) is 12.3. The van der Waals surface area contributed by atoms with E-state index in [2.05, 4.69) is 17.2 Å². The predicted octanol–water partition coefficient (Wildman–Crippen LogP) is 2.86. The normalized spacial score (nSPS) is 26.1. The van der Waals surface area contributed by atoms with Crippen LogP contribution in [0, 0.1) is 0 Å². The maximum absolute atomic E-state index is 13.2. The Morgan fingerprint density at radius 3 is 2.67 bits per heavy atom. The van der Waals surface area contributed by atoms with Gasteiger partial charge < -0.3 is 14.5 Å². The Morgan fingerprint density at radius 2 is 1.97 bits per heavy atom. The van der Waals surface area contributed by atoms with E-state index in [0.29, 0.717) is 32.4 Å². The number of benzene rings is 1. The van der Waals surface area contributed by atoms with Gasteiger partial charge in [-0.3, -0.25) is 19.5 Å². The Balaban J connectivity index is 1.32. The Labute approximate surface area is 211 Å². The molecule has 3 atom stereocenters. The quantitative estimate of drug-likeness (QED) is 0.454. The number of piperidine rings is 2. The number of hydrogen-bond donors (Lipinski definition) is 1. The van der Waals surface area contributed by atoms with E-state index in [1.165, 1.54) is 9.96 Å². The third-order valence-electron chi connectivity index (χ3n) is 6.57. The number of urea groups is 1. The molecule has 2 bridgehead atoms. The molecule has 4 amide bonds. The van der Waals surface area contributed by atoms with Gasteiger partial charge in [-0.15, -0.1) is 0 Å². The second-order valence-corrected chi connectivity index (χ2v) is 10.4. The minimum atomic E-state index is -0.930. The number of carbonyl (C=O) groups is 3. The van der Waals surface area contributed by atoms with Crippen LogP contribution in [0.3, 0.4) is 0 Å². The van der Waals surface area contributed by atoms with Gasteiger partial charge in [0.05, 0.1) is 13.1 Å². The zero-order chi connectivity index (χ0) is 25.9. The van der Waals surface area contributed by atoms with Crippen molar-refractivity contribution in [3.05, 3.63) is 35.9 Å². The summed E-state index contributed by atoms with van der Waals surface area (Å²) < 4.78 is 5.44. The van der Waals surface area contributed by atoms with Crippen molar-refractivity contribution < 1.29 is 28.8 Å². The minimum absolute atomic E-state index is 0.202. The predicted molar refractivity (Wildman–Crippen MR) is 131 cm³/mol. The van der Waals surface area contributed by atoms with Crippen LogP contribution in [0.2, 0.25) is 0 Å². The van der Waals surface area contributed by atoms with Crippen LogP contribution in [0.15, 0.2) is 35.3 Å². The smallest absolute Gasteiger partial charge is 0.410 e. The fourth-order valence-electron chi connectivity index (χ4n) is 4.74. The van der Waals surface area contributed by atoms with Gasteiger partial charge in [-0.1, -0.05) is 30.3 Å². The summed E-state index contributed by atoms with van der Waals surface area (Å²) in [5, 5.41) is 1.25. The number of aliphatic imine (C=N–C) groups is 1. The van der Waals surface area contributed by atoms with Gasteiger partial charge in [0.25, 0.3) is 5.91 Å². The molecule has 3 aliphatic heterocycles. The van der Waals surface area contributed by atoms with Crippen LogP contribution in [0.25, 0.3) is 0 Å². The van der Waals surface area contributed by atoms with Crippen molar-refractivity contribution >= 4 is 24.7 Å². The summed E-state index contributed by atoms with van der Waals surface area (Å²) in [7, 11) is 0. The standard InChI is InChI=1S/C25H35N5O6/c1-24(2,3)35-23(33)28-14-8-11-19(15-28)36-27-21(31)20-12-13-25(26-4)17-29(20)22(32)30(25)34-16-18-9-6-5-7-10-18/h5-7,9-10,19-20H,4,8,11-17H2,1-3H3,(H,27,31)/t19-,20-,25+/m0/s1. The van der Waals surface area contributed by atoms with Crippen molar-refractivity contribution in [2.75, 3.05) is 19.6 Å². The van der Waals surface area contributed by atoms with E-state index in [0.717, 1.165) is 12.0 Å². The maximum Gasteiger partial charge on any atom is 0.410 e. The first-order chi connectivity index (χ1) is 17.1. The van der Waals surface area contributed by atoms with Crippen LogP contribution in [-0.4, -0.2) is 82.7 Å². The monoisotopic (exact) mass is 501 g/mol. The van der Waals surface area contributed by atoms with Gasteiger partial charge in [0, 0.05) is 6.54 Å². The van der Waals surface area contributed by atoms with Gasteiger partial charge in [-0.2, -0.15) is 5.06 Å². The van der Waals surface area contributed by atoms with Crippen molar-refractivity contribution in [2.45, 2.75) is 76.5 Å². The average molecular weight is 502 g/mol. The largest absolute Gasteiger partial charge is 0.444 e. The number of fused-ring (bicyclic) bond motifs is 2. The Morgan fingerprint density at radius 1 is 1.22 bits per heavy atom. The van der Waals surface area contributed by atoms with E-state index in [4.69, 9.17) is 14.4 Å². The highest BCUT2D eigenvalue weighted by molar-refractivity contribution is 5.88. The van der Waals surface area contributed by atoms with Crippen molar-refractivity contribution in [2.24, 2.45) is 4.99 Å². The second kappa shape index (κ2) is 10.4. The molecule has 3 fully saturated rings. The maximum atomic E-state index is 13.2. The molecule has 3 saturated heterocycles. The highest BCUT2D eigenvalue weighted by Gasteiger charge is 2.57. The lowest BCUT2D eigenvalue weighted by molar-refractivity contribution is -0.174. The van der Waals surface area contributed by atoms with Crippen LogP contribution in [0.1, 0.15) is 52.0 Å². The molecule has 196 valence electrons. The topological polar surface area (TPSA) is 113 Å². The molecular weight excluding hydrogens is 466 g/mol. The SMILES string of the molecule is C=N[C@@]12CC[C@@H](C(=O)NO[C@H]3CCCN(C(=O)OC(C)(C)C)C3)N(C1)C(=O)N2OCc1ccccc1. The minimum Gasteiger partial charge on any atom is -0.444 e. The number of hydrogen-bond acceptors (Lipinski definition) is 7. The van der Waals surface area contributed by atoms with E-state index < -0.39 is 35.3 Å². The van der Waals surface area contributed by atoms with Gasteiger partial charge in [0.15, 0.2) is 5.66 Å². The van der Waals surface area contributed by atoms with Crippen LogP contribution in [-0.2, 0) is 25.8 Å². The number of nitrogens with zero attached hydrogens (tertiary/aromatic N) is 4. The number of amides is 4. The fraction of sp³-hybridized carbons (Fsp3) is 0.600. The van der Waals surface area contributed by atoms with Crippen molar-refractivity contribution in [3.8, 4) is 0 Å². The first kappa shape index (κ1) is 25.9. The number of hydroxylamine groups is 3. The molecule has 1 aromatic carbocycles. The van der Waals surface area contributed by atoms with E-state index in [1.807, 2.05) is 51.1 Å². The van der Waals surface area contributed by atoms with Gasteiger partial charge in [-0.05, 0) is 58.7 Å². The average Bonchev–Trinajstić information content (AvgIpc) is 3.07. The van der Waals surface area contributed by atoms with Gasteiger partial charge in [-0.25, -0.2) is 15.1 Å². The van der Waals surface area contributed by atoms with Gasteiger partial charge in [0.1, 0.15) is 24.4 Å². The molecule has 4 rings (SSSR count). The molecule has 36 heavy (non-hydrogen) atoms. The summed E-state index contributed by atoms with van der Waals surface area (Å²) in [5.74, 6) is -0.416. The Hall–Kier alpha value is -3.18. The summed E-state index contributed by atoms with van der Waals surface area (Å²) >= 11 is 0. The van der Waals surface area contributed by atoms with Crippen LogP contribution in [0.5, 0.6) is 0 Å². The van der Waals surface area contributed by atoms with Gasteiger partial charge in [0.2, 0.25) is 0 Å². The molecular formula is C25H35N5O6. The molecule has 0 radical (unpaired) electrons. The van der Waals surface area contributed by atoms with Crippen LogP contribution < -0.4 is 5.48 Å². The third-order valence-corrected chi connectivity index (χ3v) is 6.57. The number of rotatable bonds is 7. The molecule has 0 spiro atoms. The zero-order valence-electron chi connectivity index (χ0n) is 21.1. The van der Waals surface area contributed by atoms with E-state index in [-0.39, 0.29) is 19.3 Å². The lowest BCUT2D eigenvalue weighted by Gasteiger charge is -2.36. The molecule has 3 heterocycles. The molecule has 3 aliphatic rings. The summed E-state index contributed by atoms with van der Waals surface area (Å²) in [6, 6.07) is 8.37. The second-order valence-electron chi connectivity index (χ2n) is 10.4. The van der Waals surface area contributed by atoms with Crippen molar-refractivity contribution in [1.82, 2.24) is 20.3 Å². The zero-order valence-corrected chi connectivity index (χ0v) is 21.1. The fourth-order valence-corrected chi connectivity index (χ4v) is 4.74. The summed E-state index contributed by atoms with van der Waals surface area (Å²) in [4.78, 5) is 57.4. The van der Waals surface area contributed by atoms with Crippen molar-refractivity contribution in [1.29, 1.82) is 0 Å². The Kier molecular flexibility index (Phi) is 7.51. The lowest BCUT2D eigenvalue weighted by Crippen LogP contribution is -2.53. The number of ether oxygens (including phenoxy) is 1. The highest BCUT2D eigenvalue weighted by atomic mass is 16.7. The van der Waals surface area contributed by atoms with E-state index in [9.17, 15) is 14.4 Å². The molecule has 1 aromatic rings. The highest BCUT2D eigenvalue weighted by Crippen LogP contribution is 2.39. The van der Waals surface area contributed by atoms with E-state index >= 15 is 0 Å². The molecule has 11 heteroatoms. The summed E-state index contributed by atoms with van der Waals surface area (Å²) in [6.45, 7) is 10.4. The molecule has 0 aromatic heterocycles. The van der Waals surface area contributed by atoms with E-state index in [1.54, 1.807) is 4.90 Å². The molecule has 0 aliphatic carbocycles. The third kappa shape index (κ3) is 5.62. The Bertz CT molecular complexity index is 983. The molecule has 11 nitrogen and oxygen atoms in total. The van der Waals surface area contributed by atoms with Gasteiger partial charge >= 0.3 is 12.1 Å². The summed E-state index contributed by atoms with van der Waals surface area (Å²) in [6.07, 6.45) is 1.47. The number of carbonyl (C=O) groups excluding carboxylic acids is 3. The molecule has 1 N–H and O–H groups in total. The lowest BCUT2D eigenvalue weighted by atomic mass is 9.95. The van der Waals surface area contributed by atoms with Crippen molar-refractivity contribution in [3.63, 3.8) is 0 Å². The van der Waals surface area contributed by atoms with Crippen LogP contribution >= 0.6 is 0 Å².